The van der Waals surface area contributed by atoms with E-state index in [1.165, 1.54) is 30.4 Å². The molecule has 1 aromatic heterocycles. The highest BCUT2D eigenvalue weighted by Gasteiger charge is 2.22. The largest absolute Gasteiger partial charge is 0.323 e. The lowest BCUT2D eigenvalue weighted by atomic mass is 9.83. The minimum Gasteiger partial charge on any atom is -0.323 e. The van der Waals surface area contributed by atoms with E-state index in [-0.39, 0.29) is 5.91 Å². The Morgan fingerprint density at radius 3 is 2.43 bits per heavy atom. The van der Waals surface area contributed by atoms with Crippen LogP contribution in [0.3, 0.4) is 0 Å². The van der Waals surface area contributed by atoms with Crippen molar-refractivity contribution in [1.82, 2.24) is 10.3 Å². The van der Waals surface area contributed by atoms with E-state index in [0.29, 0.717) is 5.92 Å². The fourth-order valence-electron chi connectivity index (χ4n) is 3.76. The molecule has 1 aliphatic carbocycles. The number of hydrogen-bond donors (Lipinski definition) is 2. The first-order valence-electron chi connectivity index (χ1n) is 10.8. The minimum absolute atomic E-state index is 0.0664. The highest BCUT2D eigenvalue weighted by molar-refractivity contribution is 5.95. The molecule has 3 aromatic rings. The van der Waals surface area contributed by atoms with Gasteiger partial charge < -0.3 is 10.6 Å². The number of nitrogens with one attached hydrogen (secondary N) is 2. The summed E-state index contributed by atoms with van der Waals surface area (Å²) < 4.78 is 0. The smallest absolute Gasteiger partial charge is 0.246 e. The average Bonchev–Trinajstić information content (AvgIpc) is 2.73. The number of carbonyl (C=O) groups is 1. The number of aromatic nitrogens is 1. The predicted molar refractivity (Wildman–Crippen MR) is 122 cm³/mol. The van der Waals surface area contributed by atoms with Crippen LogP contribution in [0, 0.1) is 6.92 Å². The number of amides is 1. The number of rotatable bonds is 8. The van der Waals surface area contributed by atoms with Gasteiger partial charge in [0.1, 0.15) is 6.04 Å². The molecule has 0 radical (unpaired) electrons. The van der Waals surface area contributed by atoms with Crippen molar-refractivity contribution in [3.05, 3.63) is 95.3 Å². The second-order valence-electron chi connectivity index (χ2n) is 8.12. The summed E-state index contributed by atoms with van der Waals surface area (Å²) in [5.41, 5.74) is 5.35. The normalized spacial score (nSPS) is 14.7. The molecule has 0 bridgehead atoms. The molecule has 0 aliphatic heterocycles. The third kappa shape index (κ3) is 5.14. The fourth-order valence-corrected chi connectivity index (χ4v) is 3.76. The SMILES string of the molecule is Cc1ccc(CCN[C@H](C(=O)Nc2ccc(C3CCC3)nc2)c2ccccc2)cc1. The maximum atomic E-state index is 13.1. The van der Waals surface area contributed by atoms with Gasteiger partial charge in [-0.1, -0.05) is 66.6 Å². The highest BCUT2D eigenvalue weighted by atomic mass is 16.2. The lowest BCUT2D eigenvalue weighted by molar-refractivity contribution is -0.118. The second-order valence-corrected chi connectivity index (χ2v) is 8.12. The number of aryl methyl sites for hydroxylation is 1. The molecule has 1 atom stereocenters. The molecule has 0 spiro atoms. The molecule has 1 amide bonds. The maximum absolute atomic E-state index is 13.1. The summed E-state index contributed by atoms with van der Waals surface area (Å²) in [6.07, 6.45) is 6.38. The van der Waals surface area contributed by atoms with Gasteiger partial charge in [0.05, 0.1) is 11.9 Å². The van der Waals surface area contributed by atoms with Gasteiger partial charge in [0.25, 0.3) is 0 Å². The van der Waals surface area contributed by atoms with Crippen LogP contribution in [0.25, 0.3) is 0 Å². The predicted octanol–water partition coefficient (Wildman–Crippen LogP) is 5.17. The molecular weight excluding hydrogens is 370 g/mol. The molecule has 2 N–H and O–H groups in total. The first-order valence-corrected chi connectivity index (χ1v) is 10.8. The van der Waals surface area contributed by atoms with E-state index in [0.717, 1.165) is 29.9 Å². The molecule has 1 aliphatic rings. The summed E-state index contributed by atoms with van der Waals surface area (Å²) in [5, 5.41) is 6.47. The molecule has 0 saturated heterocycles. The van der Waals surface area contributed by atoms with Crippen molar-refractivity contribution in [2.45, 2.75) is 44.6 Å². The van der Waals surface area contributed by atoms with Crippen molar-refractivity contribution in [3.63, 3.8) is 0 Å². The van der Waals surface area contributed by atoms with Gasteiger partial charge in [0.2, 0.25) is 5.91 Å². The van der Waals surface area contributed by atoms with Crippen molar-refractivity contribution in [2.24, 2.45) is 0 Å². The number of anilines is 1. The van der Waals surface area contributed by atoms with Crippen molar-refractivity contribution < 1.29 is 4.79 Å². The van der Waals surface area contributed by atoms with Crippen molar-refractivity contribution in [1.29, 1.82) is 0 Å². The third-order valence-corrected chi connectivity index (χ3v) is 5.86. The van der Waals surface area contributed by atoms with Gasteiger partial charge in [-0.15, -0.1) is 0 Å². The molecule has 2 aromatic carbocycles. The van der Waals surface area contributed by atoms with E-state index in [4.69, 9.17) is 0 Å². The zero-order valence-electron chi connectivity index (χ0n) is 17.5. The molecule has 4 heteroatoms. The first-order chi connectivity index (χ1) is 14.7. The van der Waals surface area contributed by atoms with Gasteiger partial charge in [-0.05, 0) is 49.4 Å². The standard InChI is InChI=1S/C26H29N3O/c1-19-10-12-20(13-11-19)16-17-27-25(22-6-3-2-4-7-22)26(30)29-23-14-15-24(28-18-23)21-8-5-9-21/h2-4,6-7,10-15,18,21,25,27H,5,8-9,16-17H2,1H3,(H,29,30)/t25-/m0/s1. The zero-order valence-corrected chi connectivity index (χ0v) is 17.5. The number of pyridine rings is 1. The Bertz CT molecular complexity index is 948. The lowest BCUT2D eigenvalue weighted by Gasteiger charge is -2.24. The Hall–Kier alpha value is -2.98. The number of benzene rings is 2. The van der Waals surface area contributed by atoms with Crippen molar-refractivity contribution in [2.75, 3.05) is 11.9 Å². The fraction of sp³-hybridized carbons (Fsp3) is 0.308. The van der Waals surface area contributed by atoms with Crippen LogP contribution in [0.1, 0.15) is 53.6 Å². The molecule has 4 rings (SSSR count). The van der Waals surface area contributed by atoms with Crippen LogP contribution in [0.4, 0.5) is 5.69 Å². The van der Waals surface area contributed by atoms with Gasteiger partial charge in [0.15, 0.2) is 0 Å². The molecule has 4 nitrogen and oxygen atoms in total. The topological polar surface area (TPSA) is 54.0 Å². The molecule has 1 heterocycles. The van der Waals surface area contributed by atoms with Crippen molar-refractivity contribution in [3.8, 4) is 0 Å². The summed E-state index contributed by atoms with van der Waals surface area (Å²) in [6.45, 7) is 2.81. The van der Waals surface area contributed by atoms with Crippen molar-refractivity contribution >= 4 is 11.6 Å². The van der Waals surface area contributed by atoms with Crippen LogP contribution in [-0.4, -0.2) is 17.4 Å². The van der Waals surface area contributed by atoms with Gasteiger partial charge >= 0.3 is 0 Å². The summed E-state index contributed by atoms with van der Waals surface area (Å²) >= 11 is 0. The number of nitrogens with zero attached hydrogens (tertiary/aromatic N) is 1. The quantitative estimate of drug-likeness (QED) is 0.549. The summed E-state index contributed by atoms with van der Waals surface area (Å²) in [5.74, 6) is 0.526. The second kappa shape index (κ2) is 9.68. The Kier molecular flexibility index (Phi) is 6.55. The van der Waals surface area contributed by atoms with E-state index in [1.54, 1.807) is 6.20 Å². The van der Waals surface area contributed by atoms with Gasteiger partial charge in [-0.25, -0.2) is 0 Å². The van der Waals surface area contributed by atoms with Crippen LogP contribution >= 0.6 is 0 Å². The monoisotopic (exact) mass is 399 g/mol. The first kappa shape index (κ1) is 20.3. The zero-order chi connectivity index (χ0) is 20.8. The minimum atomic E-state index is -0.414. The van der Waals surface area contributed by atoms with Crippen LogP contribution in [0.2, 0.25) is 0 Å². The van der Waals surface area contributed by atoms with Gasteiger partial charge in [0, 0.05) is 18.2 Å². The van der Waals surface area contributed by atoms with Crippen LogP contribution in [0.15, 0.2) is 72.9 Å². The van der Waals surface area contributed by atoms with E-state index in [1.807, 2.05) is 42.5 Å². The van der Waals surface area contributed by atoms with Crippen LogP contribution < -0.4 is 10.6 Å². The van der Waals surface area contributed by atoms with E-state index in [2.05, 4.69) is 46.8 Å². The third-order valence-electron chi connectivity index (χ3n) is 5.86. The van der Waals surface area contributed by atoms with E-state index in [9.17, 15) is 4.79 Å². The molecular formula is C26H29N3O. The van der Waals surface area contributed by atoms with E-state index >= 15 is 0 Å². The summed E-state index contributed by atoms with van der Waals surface area (Å²) in [7, 11) is 0. The highest BCUT2D eigenvalue weighted by Crippen LogP contribution is 2.35. The molecule has 1 fully saturated rings. The summed E-state index contributed by atoms with van der Waals surface area (Å²) in [6, 6.07) is 22.0. The summed E-state index contributed by atoms with van der Waals surface area (Å²) in [4.78, 5) is 17.6. The molecule has 154 valence electrons. The Labute approximate surface area is 178 Å². The number of carbonyl (C=O) groups excluding carboxylic acids is 1. The maximum Gasteiger partial charge on any atom is 0.246 e. The Balaban J connectivity index is 1.40. The lowest BCUT2D eigenvalue weighted by Crippen LogP contribution is -2.34. The van der Waals surface area contributed by atoms with Crippen LogP contribution in [0.5, 0.6) is 0 Å². The molecule has 0 unspecified atom stereocenters. The van der Waals surface area contributed by atoms with Gasteiger partial charge in [-0.3, -0.25) is 9.78 Å². The average molecular weight is 400 g/mol. The van der Waals surface area contributed by atoms with Crippen LogP contribution in [-0.2, 0) is 11.2 Å². The Morgan fingerprint density at radius 2 is 1.80 bits per heavy atom. The molecule has 30 heavy (non-hydrogen) atoms. The van der Waals surface area contributed by atoms with E-state index < -0.39 is 6.04 Å². The molecule has 1 saturated carbocycles. The number of hydrogen-bond acceptors (Lipinski definition) is 3. The Morgan fingerprint density at radius 1 is 1.03 bits per heavy atom. The van der Waals surface area contributed by atoms with Gasteiger partial charge in [-0.2, -0.15) is 0 Å².